The first-order chi connectivity index (χ1) is 18.3. The van der Waals surface area contributed by atoms with Crippen molar-refractivity contribution >= 4 is 17.8 Å². The lowest BCUT2D eigenvalue weighted by molar-refractivity contribution is -0.137. The molecule has 0 unspecified atom stereocenters. The lowest BCUT2D eigenvalue weighted by Crippen LogP contribution is -2.51. The Morgan fingerprint density at radius 2 is 1.74 bits per heavy atom. The van der Waals surface area contributed by atoms with Crippen LogP contribution in [0.15, 0.2) is 48.5 Å². The van der Waals surface area contributed by atoms with E-state index in [2.05, 4.69) is 36.4 Å². The monoisotopic (exact) mass is 547 g/mol. The summed E-state index contributed by atoms with van der Waals surface area (Å²) in [4.78, 5) is 38.8. The molecule has 1 aliphatic rings. The van der Waals surface area contributed by atoms with Gasteiger partial charge in [-0.05, 0) is 94.8 Å². The lowest BCUT2D eigenvalue weighted by Gasteiger charge is -2.42. The molecule has 0 bridgehead atoms. The van der Waals surface area contributed by atoms with Crippen LogP contribution in [0, 0.1) is 5.92 Å². The predicted octanol–water partition coefficient (Wildman–Crippen LogP) is 4.76. The van der Waals surface area contributed by atoms with Crippen molar-refractivity contribution in [2.24, 2.45) is 5.92 Å². The summed E-state index contributed by atoms with van der Waals surface area (Å²) in [6.45, 7) is 3.91. The molecule has 3 N–H and O–H groups in total. The average Bonchev–Trinajstić information content (AvgIpc) is 2.90. The Morgan fingerprint density at radius 3 is 2.41 bits per heavy atom. The summed E-state index contributed by atoms with van der Waals surface area (Å²) in [5.41, 5.74) is 0.0402. The number of alkyl halides is 3. The molecule has 2 aromatic carbocycles. The van der Waals surface area contributed by atoms with E-state index < -0.39 is 29.5 Å². The summed E-state index contributed by atoms with van der Waals surface area (Å²) in [5.74, 6) is -2.02. The van der Waals surface area contributed by atoms with Gasteiger partial charge in [-0.2, -0.15) is 13.2 Å². The fourth-order valence-electron chi connectivity index (χ4n) is 5.11. The number of aryl methyl sites for hydroxylation is 1. The molecule has 0 spiro atoms. The molecule has 0 heterocycles. The largest absolute Gasteiger partial charge is 0.478 e. The SMILES string of the molecule is CC(C)N(C)[C@@H]1CC[C@H](NC(=O)CNC(=O)c2cccc(C(F)(F)F)c2)[C@H](CCc2cccc(C(=O)O)c2)C1. The van der Waals surface area contributed by atoms with Crippen LogP contribution in [0.2, 0.25) is 0 Å². The average molecular weight is 548 g/mol. The van der Waals surface area contributed by atoms with E-state index in [0.717, 1.165) is 49.4 Å². The number of hydrogen-bond donors (Lipinski definition) is 3. The number of halogens is 3. The van der Waals surface area contributed by atoms with Gasteiger partial charge in [-0.3, -0.25) is 9.59 Å². The Kier molecular flexibility index (Phi) is 10.1. The van der Waals surface area contributed by atoms with Crippen LogP contribution in [0.5, 0.6) is 0 Å². The van der Waals surface area contributed by atoms with Crippen LogP contribution >= 0.6 is 0 Å². The van der Waals surface area contributed by atoms with E-state index >= 15 is 0 Å². The van der Waals surface area contributed by atoms with E-state index in [0.29, 0.717) is 18.5 Å². The summed E-state index contributed by atoms with van der Waals surface area (Å²) >= 11 is 0. The number of nitrogens with zero attached hydrogens (tertiary/aromatic N) is 1. The highest BCUT2D eigenvalue weighted by atomic mass is 19.4. The first-order valence-corrected chi connectivity index (χ1v) is 13.1. The van der Waals surface area contributed by atoms with Gasteiger partial charge in [0, 0.05) is 23.7 Å². The number of benzene rings is 2. The maximum atomic E-state index is 13.0. The molecule has 0 aromatic heterocycles. The number of amides is 2. The molecule has 0 saturated heterocycles. The molecule has 10 heteroatoms. The molecule has 2 aromatic rings. The van der Waals surface area contributed by atoms with Crippen LogP contribution in [0.4, 0.5) is 13.2 Å². The van der Waals surface area contributed by atoms with Crippen molar-refractivity contribution in [3.05, 3.63) is 70.8 Å². The lowest BCUT2D eigenvalue weighted by atomic mass is 9.77. The third kappa shape index (κ3) is 8.54. The number of carbonyl (C=O) groups is 3. The fraction of sp³-hybridized carbons (Fsp3) is 0.483. The molecule has 0 radical (unpaired) electrons. The smallest absolute Gasteiger partial charge is 0.416 e. The third-order valence-corrected chi connectivity index (χ3v) is 7.53. The number of rotatable bonds is 10. The van der Waals surface area contributed by atoms with Gasteiger partial charge < -0.3 is 20.6 Å². The van der Waals surface area contributed by atoms with Gasteiger partial charge in [0.2, 0.25) is 5.91 Å². The van der Waals surface area contributed by atoms with Crippen molar-refractivity contribution < 1.29 is 32.7 Å². The Labute approximate surface area is 226 Å². The van der Waals surface area contributed by atoms with E-state index in [1.807, 2.05) is 6.07 Å². The van der Waals surface area contributed by atoms with Gasteiger partial charge in [-0.25, -0.2) is 4.79 Å². The van der Waals surface area contributed by atoms with Crippen molar-refractivity contribution in [3.8, 4) is 0 Å². The van der Waals surface area contributed by atoms with Gasteiger partial charge in [0.15, 0.2) is 0 Å². The number of carbonyl (C=O) groups excluding carboxylic acids is 2. The van der Waals surface area contributed by atoms with Gasteiger partial charge in [-0.1, -0.05) is 18.2 Å². The Morgan fingerprint density at radius 1 is 1.05 bits per heavy atom. The standard InChI is InChI=1S/C29H36F3N3O4/c1-18(2)35(3)24-12-13-25(20(16-24)11-10-19-6-4-8-22(14-19)28(38)39)34-26(36)17-33-27(37)21-7-5-9-23(15-21)29(30,31)32/h4-9,14-15,18,20,24-25H,10-13,16-17H2,1-3H3,(H,33,37)(H,34,36)(H,38,39)/t20-,24-,25+/m1/s1. The molecule has 1 fully saturated rings. The minimum Gasteiger partial charge on any atom is -0.478 e. The Balaban J connectivity index is 1.63. The normalized spacial score (nSPS) is 19.6. The predicted molar refractivity (Wildman–Crippen MR) is 141 cm³/mol. The van der Waals surface area contributed by atoms with E-state index in [1.54, 1.807) is 18.2 Å². The third-order valence-electron chi connectivity index (χ3n) is 7.53. The van der Waals surface area contributed by atoms with Gasteiger partial charge >= 0.3 is 12.1 Å². The molecule has 0 aliphatic heterocycles. The number of carboxylic acids is 1. The van der Waals surface area contributed by atoms with Crippen molar-refractivity contribution in [1.29, 1.82) is 0 Å². The zero-order chi connectivity index (χ0) is 28.7. The summed E-state index contributed by atoms with van der Waals surface area (Å²) in [6, 6.07) is 11.5. The zero-order valence-corrected chi connectivity index (χ0v) is 22.4. The van der Waals surface area contributed by atoms with Crippen molar-refractivity contribution in [3.63, 3.8) is 0 Å². The second-order valence-electron chi connectivity index (χ2n) is 10.5. The zero-order valence-electron chi connectivity index (χ0n) is 22.4. The summed E-state index contributed by atoms with van der Waals surface area (Å²) in [5, 5.41) is 14.7. The van der Waals surface area contributed by atoms with Gasteiger partial charge in [0.25, 0.3) is 5.91 Å². The summed E-state index contributed by atoms with van der Waals surface area (Å²) in [7, 11) is 2.09. The number of carboxylic acid groups (broad SMARTS) is 1. The topological polar surface area (TPSA) is 98.7 Å². The van der Waals surface area contributed by atoms with Crippen molar-refractivity contribution in [1.82, 2.24) is 15.5 Å². The van der Waals surface area contributed by atoms with Crippen LogP contribution in [0.1, 0.15) is 71.4 Å². The van der Waals surface area contributed by atoms with E-state index in [9.17, 15) is 32.7 Å². The maximum Gasteiger partial charge on any atom is 0.416 e. The van der Waals surface area contributed by atoms with Gasteiger partial charge in [0.1, 0.15) is 0 Å². The van der Waals surface area contributed by atoms with E-state index in [-0.39, 0.29) is 29.6 Å². The molecular weight excluding hydrogens is 511 g/mol. The van der Waals surface area contributed by atoms with Crippen LogP contribution < -0.4 is 10.6 Å². The highest BCUT2D eigenvalue weighted by molar-refractivity contribution is 5.96. The Hall–Kier alpha value is -3.40. The minimum absolute atomic E-state index is 0.126. The minimum atomic E-state index is -4.57. The second kappa shape index (κ2) is 13.1. The van der Waals surface area contributed by atoms with Crippen molar-refractivity contribution in [2.75, 3.05) is 13.6 Å². The van der Waals surface area contributed by atoms with Gasteiger partial charge in [0.05, 0.1) is 17.7 Å². The highest BCUT2D eigenvalue weighted by Crippen LogP contribution is 2.32. The van der Waals surface area contributed by atoms with Crippen molar-refractivity contribution in [2.45, 2.75) is 70.3 Å². The molecular formula is C29H36F3N3O4. The Bertz CT molecular complexity index is 1170. The van der Waals surface area contributed by atoms with E-state index in [4.69, 9.17) is 0 Å². The van der Waals surface area contributed by atoms with Crippen LogP contribution in [0.3, 0.4) is 0 Å². The number of nitrogens with one attached hydrogen (secondary N) is 2. The molecule has 39 heavy (non-hydrogen) atoms. The quantitative estimate of drug-likeness (QED) is 0.399. The molecule has 2 amide bonds. The highest BCUT2D eigenvalue weighted by Gasteiger charge is 2.34. The van der Waals surface area contributed by atoms with Gasteiger partial charge in [-0.15, -0.1) is 0 Å². The van der Waals surface area contributed by atoms with Crippen LogP contribution in [0.25, 0.3) is 0 Å². The summed E-state index contributed by atoms with van der Waals surface area (Å²) in [6.07, 6.45) is -0.680. The first-order valence-electron chi connectivity index (χ1n) is 13.1. The van der Waals surface area contributed by atoms with E-state index in [1.165, 1.54) is 6.07 Å². The molecule has 3 rings (SSSR count). The fourth-order valence-corrected chi connectivity index (χ4v) is 5.11. The molecule has 7 nitrogen and oxygen atoms in total. The van der Waals surface area contributed by atoms with Crippen LogP contribution in [-0.4, -0.2) is 59.5 Å². The number of aromatic carboxylic acids is 1. The second-order valence-corrected chi connectivity index (χ2v) is 10.5. The maximum absolute atomic E-state index is 13.0. The van der Waals surface area contributed by atoms with Crippen LogP contribution in [-0.2, 0) is 17.4 Å². The summed E-state index contributed by atoms with van der Waals surface area (Å²) < 4.78 is 38.9. The molecule has 3 atom stereocenters. The molecule has 212 valence electrons. The number of hydrogen-bond acceptors (Lipinski definition) is 4. The molecule has 1 saturated carbocycles. The molecule has 1 aliphatic carbocycles. The first kappa shape index (κ1) is 30.1.